The lowest BCUT2D eigenvalue weighted by Gasteiger charge is -2.26. The van der Waals surface area contributed by atoms with Crippen LogP contribution >= 0.6 is 0 Å². The van der Waals surface area contributed by atoms with Crippen molar-refractivity contribution >= 4 is 6.03 Å². The van der Waals surface area contributed by atoms with Gasteiger partial charge in [0.2, 0.25) is 0 Å². The minimum absolute atomic E-state index is 0.0923. The lowest BCUT2D eigenvalue weighted by molar-refractivity contribution is 0.182. The molecular weight excluding hydrogens is 178 g/mol. The molecule has 74 valence electrons. The molecule has 0 spiro atoms. The van der Waals surface area contributed by atoms with E-state index in [1.165, 1.54) is 19.3 Å². The SMILES string of the molecule is O=C(N1CC2CCC1C2)n1ccnc1. The van der Waals surface area contributed by atoms with Gasteiger partial charge in [0.25, 0.3) is 0 Å². The van der Waals surface area contributed by atoms with Gasteiger partial charge in [0.15, 0.2) is 0 Å². The second kappa shape index (κ2) is 2.83. The lowest BCUT2D eigenvalue weighted by Crippen LogP contribution is -2.39. The van der Waals surface area contributed by atoms with Crippen LogP contribution in [0.15, 0.2) is 18.7 Å². The first kappa shape index (κ1) is 8.03. The van der Waals surface area contributed by atoms with Crippen LogP contribution in [0.1, 0.15) is 19.3 Å². The second-order valence-electron chi connectivity index (χ2n) is 4.24. The van der Waals surface area contributed by atoms with E-state index in [4.69, 9.17) is 0 Å². The van der Waals surface area contributed by atoms with E-state index < -0.39 is 0 Å². The van der Waals surface area contributed by atoms with Crippen LogP contribution < -0.4 is 0 Å². The van der Waals surface area contributed by atoms with E-state index in [9.17, 15) is 4.79 Å². The summed E-state index contributed by atoms with van der Waals surface area (Å²) in [6, 6.07) is 0.588. The molecule has 0 aromatic carbocycles. The number of nitrogens with zero attached hydrogens (tertiary/aromatic N) is 3. The maximum atomic E-state index is 11.9. The molecule has 0 N–H and O–H groups in total. The second-order valence-corrected chi connectivity index (χ2v) is 4.24. The van der Waals surface area contributed by atoms with Crippen molar-refractivity contribution in [1.29, 1.82) is 0 Å². The van der Waals surface area contributed by atoms with Crippen molar-refractivity contribution in [2.45, 2.75) is 25.3 Å². The lowest BCUT2D eigenvalue weighted by atomic mass is 10.1. The molecule has 1 saturated carbocycles. The Balaban J connectivity index is 1.81. The van der Waals surface area contributed by atoms with Crippen LogP contribution in [-0.4, -0.2) is 33.1 Å². The number of carbonyl (C=O) groups is 1. The standard InChI is InChI=1S/C10H13N3O/c14-10(12-4-3-11-7-12)13-6-8-1-2-9(13)5-8/h3-4,7-9H,1-2,5-6H2. The molecule has 2 atom stereocenters. The first-order chi connectivity index (χ1) is 6.84. The average Bonchev–Trinajstić information content (AvgIpc) is 2.93. The van der Waals surface area contributed by atoms with Crippen LogP contribution in [0.4, 0.5) is 4.79 Å². The Kier molecular flexibility index (Phi) is 1.63. The minimum Gasteiger partial charge on any atom is -0.321 e. The molecule has 2 aliphatic rings. The smallest absolute Gasteiger partial charge is 0.321 e. The van der Waals surface area contributed by atoms with Crippen molar-refractivity contribution in [3.05, 3.63) is 18.7 Å². The van der Waals surface area contributed by atoms with Crippen molar-refractivity contribution in [2.24, 2.45) is 5.92 Å². The highest BCUT2D eigenvalue weighted by molar-refractivity contribution is 5.77. The summed E-state index contributed by atoms with van der Waals surface area (Å²) in [7, 11) is 0. The number of carbonyl (C=O) groups excluding carboxylic acids is 1. The molecule has 1 saturated heterocycles. The van der Waals surface area contributed by atoms with Gasteiger partial charge in [-0.05, 0) is 25.2 Å². The van der Waals surface area contributed by atoms with E-state index >= 15 is 0 Å². The highest BCUT2D eigenvalue weighted by Crippen LogP contribution is 2.37. The molecule has 4 heteroatoms. The summed E-state index contributed by atoms with van der Waals surface area (Å²) in [5, 5.41) is 0. The Hall–Kier alpha value is -1.32. The van der Waals surface area contributed by atoms with Crippen LogP contribution in [0, 0.1) is 5.92 Å². The van der Waals surface area contributed by atoms with Crippen molar-refractivity contribution in [2.75, 3.05) is 6.54 Å². The first-order valence-corrected chi connectivity index (χ1v) is 5.13. The van der Waals surface area contributed by atoms with Gasteiger partial charge in [-0.15, -0.1) is 0 Å². The average molecular weight is 191 g/mol. The van der Waals surface area contributed by atoms with Gasteiger partial charge in [-0.3, -0.25) is 4.57 Å². The molecule has 2 fully saturated rings. The fourth-order valence-electron chi connectivity index (χ4n) is 2.68. The molecule has 2 unspecified atom stereocenters. The number of hydrogen-bond donors (Lipinski definition) is 0. The third kappa shape index (κ3) is 1.06. The van der Waals surface area contributed by atoms with Crippen LogP contribution in [0.5, 0.6) is 0 Å². The monoisotopic (exact) mass is 191 g/mol. The Morgan fingerprint density at radius 2 is 2.36 bits per heavy atom. The molecule has 3 rings (SSSR count). The summed E-state index contributed by atoms with van der Waals surface area (Å²) in [4.78, 5) is 17.8. The van der Waals surface area contributed by atoms with E-state index in [1.807, 2.05) is 4.90 Å². The van der Waals surface area contributed by atoms with Gasteiger partial charge in [-0.1, -0.05) is 0 Å². The van der Waals surface area contributed by atoms with Crippen LogP contribution in [0.3, 0.4) is 0 Å². The van der Waals surface area contributed by atoms with Gasteiger partial charge >= 0.3 is 6.03 Å². The molecule has 1 amide bonds. The Morgan fingerprint density at radius 1 is 1.43 bits per heavy atom. The highest BCUT2D eigenvalue weighted by Gasteiger charge is 2.40. The van der Waals surface area contributed by atoms with Gasteiger partial charge < -0.3 is 4.90 Å². The number of rotatable bonds is 0. The van der Waals surface area contributed by atoms with Crippen LogP contribution in [0.25, 0.3) is 0 Å². The summed E-state index contributed by atoms with van der Waals surface area (Å²) in [6.45, 7) is 0.946. The normalized spacial score (nSPS) is 29.9. The number of imidazole rings is 1. The summed E-state index contributed by atoms with van der Waals surface area (Å²) < 4.78 is 1.57. The van der Waals surface area contributed by atoms with E-state index in [0.29, 0.717) is 6.04 Å². The van der Waals surface area contributed by atoms with E-state index in [-0.39, 0.29) is 6.03 Å². The Labute approximate surface area is 82.5 Å². The number of piperidine rings is 1. The maximum absolute atomic E-state index is 11.9. The van der Waals surface area contributed by atoms with Crippen molar-refractivity contribution in [1.82, 2.24) is 14.5 Å². The molecule has 1 aliphatic carbocycles. The molecule has 2 heterocycles. The maximum Gasteiger partial charge on any atom is 0.329 e. The fraction of sp³-hybridized carbons (Fsp3) is 0.600. The molecule has 1 aromatic rings. The number of hydrogen-bond acceptors (Lipinski definition) is 2. The fourth-order valence-corrected chi connectivity index (χ4v) is 2.68. The molecule has 1 aromatic heterocycles. The topological polar surface area (TPSA) is 38.1 Å². The van der Waals surface area contributed by atoms with Gasteiger partial charge in [0.05, 0.1) is 0 Å². The first-order valence-electron chi connectivity index (χ1n) is 5.13. The third-order valence-corrected chi connectivity index (χ3v) is 3.38. The molecule has 2 bridgehead atoms. The number of amides is 1. The summed E-state index contributed by atoms with van der Waals surface area (Å²) in [6.07, 6.45) is 8.64. The van der Waals surface area contributed by atoms with Crippen molar-refractivity contribution in [3.8, 4) is 0 Å². The largest absolute Gasteiger partial charge is 0.329 e. The van der Waals surface area contributed by atoms with Crippen LogP contribution in [0.2, 0.25) is 0 Å². The van der Waals surface area contributed by atoms with Gasteiger partial charge in [-0.25, -0.2) is 9.78 Å². The van der Waals surface area contributed by atoms with E-state index in [0.717, 1.165) is 12.5 Å². The summed E-state index contributed by atoms with van der Waals surface area (Å²) in [5.41, 5.74) is 0. The summed E-state index contributed by atoms with van der Waals surface area (Å²) >= 11 is 0. The van der Waals surface area contributed by atoms with E-state index in [1.54, 1.807) is 23.3 Å². The zero-order valence-corrected chi connectivity index (χ0v) is 7.97. The van der Waals surface area contributed by atoms with Gasteiger partial charge in [0, 0.05) is 25.0 Å². The number of aromatic nitrogens is 2. The van der Waals surface area contributed by atoms with E-state index in [2.05, 4.69) is 4.98 Å². The molecule has 1 aliphatic heterocycles. The minimum atomic E-state index is 0.0923. The third-order valence-electron chi connectivity index (χ3n) is 3.38. The molecular formula is C10H13N3O. The zero-order valence-electron chi connectivity index (χ0n) is 7.97. The highest BCUT2D eigenvalue weighted by atomic mass is 16.2. The predicted molar refractivity (Wildman–Crippen MR) is 50.9 cm³/mol. The zero-order chi connectivity index (χ0) is 9.54. The predicted octanol–water partition coefficient (Wildman–Crippen LogP) is 1.34. The molecule has 14 heavy (non-hydrogen) atoms. The van der Waals surface area contributed by atoms with Crippen molar-refractivity contribution < 1.29 is 4.79 Å². The van der Waals surface area contributed by atoms with Gasteiger partial charge in [0.1, 0.15) is 6.33 Å². The molecule has 4 nitrogen and oxygen atoms in total. The Morgan fingerprint density at radius 3 is 2.93 bits per heavy atom. The van der Waals surface area contributed by atoms with Crippen molar-refractivity contribution in [3.63, 3.8) is 0 Å². The number of fused-ring (bicyclic) bond motifs is 2. The van der Waals surface area contributed by atoms with Gasteiger partial charge in [-0.2, -0.15) is 0 Å². The quantitative estimate of drug-likeness (QED) is 0.620. The Bertz CT molecular complexity index is 346. The summed E-state index contributed by atoms with van der Waals surface area (Å²) in [5.74, 6) is 0.757. The number of likely N-dealkylation sites (tertiary alicyclic amines) is 1. The van der Waals surface area contributed by atoms with Crippen LogP contribution in [-0.2, 0) is 0 Å². The molecule has 0 radical (unpaired) electrons.